The van der Waals surface area contributed by atoms with Crippen LogP contribution in [-0.2, 0) is 19.3 Å². The summed E-state index contributed by atoms with van der Waals surface area (Å²) < 4.78 is 55.5. The summed E-state index contributed by atoms with van der Waals surface area (Å²) in [4.78, 5) is 8.29. The average Bonchev–Trinajstić information content (AvgIpc) is 3.61. The number of hydrogen-bond acceptors (Lipinski definition) is 6. The standard InChI is InChI=1S/C16H13F3N4.C15H12ClFN4/c1-11-20-5-6-23(11)10-15-8-13(9-21-22-15)12-3-2-4-14(7-12)16(17,18)19;1-10-18-4-5-21(10)9-13-6-12(8-19-20-13)11-2-3-15(17)14(16)7-11/h2-9H,10H2,1H3;2-8H,9H2,1H3. The molecule has 0 spiro atoms. The van der Waals surface area contributed by atoms with Crippen molar-refractivity contribution in [3.8, 4) is 22.3 Å². The number of imidazole rings is 2. The van der Waals surface area contributed by atoms with Crippen LogP contribution >= 0.6 is 11.6 Å². The zero-order chi connectivity index (χ0) is 31.3. The molecule has 8 nitrogen and oxygen atoms in total. The average molecular weight is 621 g/mol. The molecule has 0 bridgehead atoms. The fourth-order valence-corrected chi connectivity index (χ4v) is 4.51. The molecule has 0 radical (unpaired) electrons. The summed E-state index contributed by atoms with van der Waals surface area (Å²) >= 11 is 5.82. The van der Waals surface area contributed by atoms with Gasteiger partial charge < -0.3 is 9.13 Å². The van der Waals surface area contributed by atoms with Crippen molar-refractivity contribution in [3.05, 3.63) is 131 Å². The molecule has 13 heteroatoms. The monoisotopic (exact) mass is 620 g/mol. The molecule has 4 aromatic heterocycles. The van der Waals surface area contributed by atoms with E-state index in [1.807, 2.05) is 41.4 Å². The molecule has 0 aliphatic rings. The molecule has 0 unspecified atom stereocenters. The van der Waals surface area contributed by atoms with Crippen molar-refractivity contribution in [2.24, 2.45) is 0 Å². The molecule has 0 fully saturated rings. The lowest BCUT2D eigenvalue weighted by atomic mass is 10.0. The molecule has 6 aromatic rings. The second-order valence-electron chi connectivity index (χ2n) is 9.78. The number of benzene rings is 2. The Balaban J connectivity index is 0.000000175. The van der Waals surface area contributed by atoms with E-state index in [9.17, 15) is 17.6 Å². The van der Waals surface area contributed by atoms with Crippen molar-refractivity contribution < 1.29 is 17.6 Å². The predicted octanol–water partition coefficient (Wildman–Crippen LogP) is 7.20. The zero-order valence-electron chi connectivity index (χ0n) is 23.5. The summed E-state index contributed by atoms with van der Waals surface area (Å²) in [6.45, 7) is 4.84. The van der Waals surface area contributed by atoms with Gasteiger partial charge in [-0.15, -0.1) is 0 Å². The first-order chi connectivity index (χ1) is 21.1. The number of nitrogens with zero attached hydrogens (tertiary/aromatic N) is 8. The van der Waals surface area contributed by atoms with Gasteiger partial charge in [-0.05, 0) is 61.4 Å². The third-order valence-electron chi connectivity index (χ3n) is 6.70. The second-order valence-corrected chi connectivity index (χ2v) is 10.2. The van der Waals surface area contributed by atoms with Gasteiger partial charge in [0, 0.05) is 35.9 Å². The van der Waals surface area contributed by atoms with Gasteiger partial charge in [0.15, 0.2) is 0 Å². The zero-order valence-corrected chi connectivity index (χ0v) is 24.3. The number of hydrogen-bond donors (Lipinski definition) is 0. The number of rotatable bonds is 6. The summed E-state index contributed by atoms with van der Waals surface area (Å²) in [5.41, 5.74) is 3.48. The van der Waals surface area contributed by atoms with Crippen LogP contribution in [0.1, 0.15) is 28.6 Å². The summed E-state index contributed by atoms with van der Waals surface area (Å²) in [5, 5.41) is 16.1. The highest BCUT2D eigenvalue weighted by molar-refractivity contribution is 6.31. The summed E-state index contributed by atoms with van der Waals surface area (Å²) in [6.07, 6.45) is 5.85. The number of aromatic nitrogens is 8. The van der Waals surface area contributed by atoms with Gasteiger partial charge in [-0.3, -0.25) is 0 Å². The molecule has 0 aliphatic heterocycles. The predicted molar refractivity (Wildman–Crippen MR) is 157 cm³/mol. The number of halogens is 5. The van der Waals surface area contributed by atoms with E-state index in [1.54, 1.807) is 42.9 Å². The van der Waals surface area contributed by atoms with E-state index >= 15 is 0 Å². The first-order valence-electron chi connectivity index (χ1n) is 13.3. The maximum atomic E-state index is 13.2. The van der Waals surface area contributed by atoms with Gasteiger partial charge in [-0.25, -0.2) is 14.4 Å². The fraction of sp³-hybridized carbons (Fsp3) is 0.161. The minimum absolute atomic E-state index is 0.0938. The molecule has 0 atom stereocenters. The molecule has 44 heavy (non-hydrogen) atoms. The molecular formula is C31H25ClF4N8. The van der Waals surface area contributed by atoms with E-state index < -0.39 is 17.6 Å². The molecule has 6 rings (SSSR count). The third-order valence-corrected chi connectivity index (χ3v) is 6.99. The molecule has 0 aliphatic carbocycles. The van der Waals surface area contributed by atoms with Gasteiger partial charge in [0.25, 0.3) is 0 Å². The van der Waals surface area contributed by atoms with Crippen LogP contribution in [0.4, 0.5) is 17.6 Å². The van der Waals surface area contributed by atoms with Crippen molar-refractivity contribution in [1.82, 2.24) is 39.5 Å². The Labute approximate surface area is 255 Å². The lowest BCUT2D eigenvalue weighted by molar-refractivity contribution is -0.137. The summed E-state index contributed by atoms with van der Waals surface area (Å²) in [6, 6.07) is 13.4. The normalized spacial score (nSPS) is 11.2. The third kappa shape index (κ3) is 7.51. The van der Waals surface area contributed by atoms with Crippen LogP contribution in [0.2, 0.25) is 5.02 Å². The quantitative estimate of drug-likeness (QED) is 0.183. The Morgan fingerprint density at radius 1 is 0.705 bits per heavy atom. The van der Waals surface area contributed by atoms with Gasteiger partial charge in [0.2, 0.25) is 0 Å². The smallest absolute Gasteiger partial charge is 0.329 e. The van der Waals surface area contributed by atoms with E-state index in [1.165, 1.54) is 18.3 Å². The van der Waals surface area contributed by atoms with Crippen LogP contribution in [0.5, 0.6) is 0 Å². The second kappa shape index (κ2) is 13.1. The van der Waals surface area contributed by atoms with Gasteiger partial charge in [-0.1, -0.05) is 29.8 Å². The van der Waals surface area contributed by atoms with Gasteiger partial charge >= 0.3 is 6.18 Å². The summed E-state index contributed by atoms with van der Waals surface area (Å²) in [5.74, 6) is 1.31. The Kier molecular flexibility index (Phi) is 9.09. The largest absolute Gasteiger partial charge is 0.416 e. The van der Waals surface area contributed by atoms with E-state index in [-0.39, 0.29) is 5.02 Å². The topological polar surface area (TPSA) is 87.2 Å². The van der Waals surface area contributed by atoms with Crippen molar-refractivity contribution in [2.75, 3.05) is 0 Å². The molecule has 0 amide bonds. The van der Waals surface area contributed by atoms with Crippen LogP contribution < -0.4 is 0 Å². The number of alkyl halides is 3. The van der Waals surface area contributed by atoms with Crippen molar-refractivity contribution in [3.63, 3.8) is 0 Å². The Hall–Kier alpha value is -4.97. The van der Waals surface area contributed by atoms with E-state index in [0.717, 1.165) is 40.6 Å². The molecule has 2 aromatic carbocycles. The Morgan fingerprint density at radius 2 is 1.25 bits per heavy atom. The highest BCUT2D eigenvalue weighted by Gasteiger charge is 2.30. The molecule has 0 saturated heterocycles. The Morgan fingerprint density at radius 3 is 1.73 bits per heavy atom. The molecule has 0 N–H and O–H groups in total. The van der Waals surface area contributed by atoms with Gasteiger partial charge in [0.05, 0.1) is 47.5 Å². The first kappa shape index (κ1) is 30.5. The van der Waals surface area contributed by atoms with Crippen molar-refractivity contribution in [2.45, 2.75) is 33.1 Å². The van der Waals surface area contributed by atoms with E-state index in [4.69, 9.17) is 11.6 Å². The fourth-order valence-electron chi connectivity index (χ4n) is 4.33. The summed E-state index contributed by atoms with van der Waals surface area (Å²) in [7, 11) is 0. The van der Waals surface area contributed by atoms with Gasteiger partial charge in [-0.2, -0.15) is 33.6 Å². The molecule has 4 heterocycles. The SMILES string of the molecule is Cc1nccn1Cc1cc(-c2ccc(F)c(Cl)c2)cnn1.Cc1nccn1Cc1cc(-c2cccc(C(F)(F)F)c2)cnn1. The highest BCUT2D eigenvalue weighted by atomic mass is 35.5. The molecule has 0 saturated carbocycles. The van der Waals surface area contributed by atoms with Crippen LogP contribution in [0.3, 0.4) is 0 Å². The van der Waals surface area contributed by atoms with Crippen LogP contribution in [0, 0.1) is 19.7 Å². The van der Waals surface area contributed by atoms with Crippen molar-refractivity contribution >= 4 is 11.6 Å². The van der Waals surface area contributed by atoms with Crippen LogP contribution in [0.15, 0.2) is 91.8 Å². The van der Waals surface area contributed by atoms with Crippen LogP contribution in [0.25, 0.3) is 22.3 Å². The first-order valence-corrected chi connectivity index (χ1v) is 13.7. The lowest BCUT2D eigenvalue weighted by Crippen LogP contribution is -2.05. The van der Waals surface area contributed by atoms with Crippen molar-refractivity contribution in [1.29, 1.82) is 0 Å². The highest BCUT2D eigenvalue weighted by Crippen LogP contribution is 2.32. The van der Waals surface area contributed by atoms with Gasteiger partial charge in [0.1, 0.15) is 17.5 Å². The minimum Gasteiger partial charge on any atom is -0.329 e. The molecular weight excluding hydrogens is 596 g/mol. The maximum absolute atomic E-state index is 13.2. The molecule has 224 valence electrons. The maximum Gasteiger partial charge on any atom is 0.416 e. The minimum atomic E-state index is -4.37. The Bertz CT molecular complexity index is 1880. The van der Waals surface area contributed by atoms with E-state index in [2.05, 4.69) is 30.4 Å². The number of aryl methyl sites for hydroxylation is 2. The van der Waals surface area contributed by atoms with E-state index in [0.29, 0.717) is 29.9 Å². The lowest BCUT2D eigenvalue weighted by Gasteiger charge is -2.09. The van der Waals surface area contributed by atoms with Crippen LogP contribution in [-0.4, -0.2) is 39.5 Å².